The second-order valence-corrected chi connectivity index (χ2v) is 16.7. The molecule has 2 atom stereocenters. The number of amides is 2. The van der Waals surface area contributed by atoms with Crippen molar-refractivity contribution in [3.8, 4) is 0 Å². The summed E-state index contributed by atoms with van der Waals surface area (Å²) in [4.78, 5) is 35.7. The Morgan fingerprint density at radius 3 is 2.40 bits per heavy atom. The van der Waals surface area contributed by atoms with Crippen molar-refractivity contribution in [2.24, 2.45) is 11.8 Å². The number of benzene rings is 1. The summed E-state index contributed by atoms with van der Waals surface area (Å²) < 4.78 is 48.8. The van der Waals surface area contributed by atoms with Crippen molar-refractivity contribution in [3.63, 3.8) is 0 Å². The van der Waals surface area contributed by atoms with Crippen LogP contribution in [-0.4, -0.2) is 66.5 Å². The fourth-order valence-electron chi connectivity index (χ4n) is 6.71. The molecule has 1 unspecified atom stereocenters. The van der Waals surface area contributed by atoms with E-state index in [2.05, 4.69) is 34.4 Å². The van der Waals surface area contributed by atoms with Crippen LogP contribution >= 0.6 is 0 Å². The molecule has 1 aromatic carbocycles. The molecule has 2 amide bonds. The van der Waals surface area contributed by atoms with Gasteiger partial charge in [0.15, 0.2) is 5.03 Å². The Kier molecular flexibility index (Phi) is 11.5. The molecule has 2 aliphatic rings. The van der Waals surface area contributed by atoms with Crippen molar-refractivity contribution in [2.75, 3.05) is 25.0 Å². The van der Waals surface area contributed by atoms with Gasteiger partial charge in [0, 0.05) is 35.8 Å². The van der Waals surface area contributed by atoms with E-state index in [4.69, 9.17) is 4.74 Å². The first-order chi connectivity index (χ1) is 23.6. The third kappa shape index (κ3) is 9.78. The zero-order valence-electron chi connectivity index (χ0n) is 29.5. The molecule has 2 aliphatic heterocycles. The van der Waals surface area contributed by atoms with Crippen molar-refractivity contribution in [1.82, 2.24) is 24.9 Å². The van der Waals surface area contributed by atoms with Gasteiger partial charge in [-0.05, 0) is 94.2 Å². The number of ether oxygens (including phenoxy) is 1. The average Bonchev–Trinajstić information content (AvgIpc) is 3.43. The fourth-order valence-corrected chi connectivity index (χ4v) is 7.65. The Labute approximate surface area is 294 Å². The highest BCUT2D eigenvalue weighted by Crippen LogP contribution is 2.32. The van der Waals surface area contributed by atoms with Gasteiger partial charge >= 0.3 is 6.09 Å². The number of halogens is 1. The lowest BCUT2D eigenvalue weighted by atomic mass is 9.84. The topological polar surface area (TPSA) is 143 Å². The van der Waals surface area contributed by atoms with E-state index in [1.165, 1.54) is 18.2 Å². The molecule has 0 spiro atoms. The quantitative estimate of drug-likeness (QED) is 0.204. The average molecular weight is 709 g/mol. The van der Waals surface area contributed by atoms with Gasteiger partial charge in [0.25, 0.3) is 15.9 Å². The maximum atomic E-state index is 14.8. The minimum atomic E-state index is -4.44. The standard InChI is InChI=1S/C37H49FN6O5S/c1-36(2,3)30-17-15-28(33(38)41-30)34(45)43-50(47,48)32-13-9-12-31(42-32)40-29(16-14-26-22-37(4,5)39-23-26)27-18-20-44(21-19-27)35(46)49-24-25-10-7-6-8-11-25/h6-13,15,17,26-27,29,39H,14,16,18-24H2,1-5H3,(H,40,42)(H,43,45)/t26-,29?/m0/s1. The number of hydrogen-bond acceptors (Lipinski definition) is 9. The molecule has 2 saturated heterocycles. The second kappa shape index (κ2) is 15.4. The Morgan fingerprint density at radius 1 is 1.04 bits per heavy atom. The largest absolute Gasteiger partial charge is 0.445 e. The third-order valence-corrected chi connectivity index (χ3v) is 10.8. The molecule has 0 radical (unpaired) electrons. The van der Waals surface area contributed by atoms with E-state index >= 15 is 0 Å². The summed E-state index contributed by atoms with van der Waals surface area (Å²) in [5.74, 6) is -1.13. The van der Waals surface area contributed by atoms with Gasteiger partial charge in [0.1, 0.15) is 12.4 Å². The first-order valence-electron chi connectivity index (χ1n) is 17.3. The number of pyridine rings is 2. The number of nitrogens with one attached hydrogen (secondary N) is 3. The Bertz CT molecular complexity index is 1760. The summed E-state index contributed by atoms with van der Waals surface area (Å²) in [6.45, 7) is 12.2. The monoisotopic (exact) mass is 708 g/mol. The van der Waals surface area contributed by atoms with Crippen LogP contribution < -0.4 is 15.4 Å². The van der Waals surface area contributed by atoms with Crippen LogP contribution in [0.2, 0.25) is 0 Å². The van der Waals surface area contributed by atoms with Gasteiger partial charge in [-0.15, -0.1) is 0 Å². The predicted octanol–water partition coefficient (Wildman–Crippen LogP) is 6.03. The van der Waals surface area contributed by atoms with Gasteiger partial charge in [0.05, 0.1) is 5.56 Å². The molecule has 270 valence electrons. The number of aromatic nitrogens is 2. The zero-order valence-corrected chi connectivity index (χ0v) is 30.4. The smallest absolute Gasteiger partial charge is 0.410 e. The van der Waals surface area contributed by atoms with Crippen molar-refractivity contribution in [1.29, 1.82) is 0 Å². The predicted molar refractivity (Wildman–Crippen MR) is 190 cm³/mol. The molecule has 0 saturated carbocycles. The highest BCUT2D eigenvalue weighted by Gasteiger charge is 2.34. The molecule has 50 heavy (non-hydrogen) atoms. The van der Waals surface area contributed by atoms with Gasteiger partial charge in [-0.1, -0.05) is 57.2 Å². The summed E-state index contributed by atoms with van der Waals surface area (Å²) in [7, 11) is -4.44. The molecular formula is C37H49FN6O5S. The van der Waals surface area contributed by atoms with Crippen LogP contribution in [-0.2, 0) is 26.8 Å². The van der Waals surface area contributed by atoms with Crippen molar-refractivity contribution in [3.05, 3.63) is 83.4 Å². The van der Waals surface area contributed by atoms with Gasteiger partial charge < -0.3 is 20.3 Å². The van der Waals surface area contributed by atoms with E-state index in [1.807, 2.05) is 55.8 Å². The van der Waals surface area contributed by atoms with Crippen LogP contribution in [0.1, 0.15) is 88.3 Å². The molecule has 4 heterocycles. The van der Waals surface area contributed by atoms with Gasteiger partial charge in [-0.2, -0.15) is 12.8 Å². The van der Waals surface area contributed by atoms with E-state index in [-0.39, 0.29) is 35.2 Å². The first-order valence-corrected chi connectivity index (χ1v) is 18.8. The molecular weight excluding hydrogens is 660 g/mol. The van der Waals surface area contributed by atoms with Gasteiger partial charge in [-0.25, -0.2) is 19.5 Å². The first kappa shape index (κ1) is 37.2. The SMILES string of the molecule is CC1(C)C[C@H](CCC(Nc2cccc(S(=O)(=O)NC(=O)c3ccc(C(C)(C)C)nc3F)n2)C2CCN(C(=O)OCc3ccccc3)CC2)CN1. The minimum Gasteiger partial charge on any atom is -0.445 e. The summed E-state index contributed by atoms with van der Waals surface area (Å²) in [6.07, 6.45) is 4.01. The normalized spacial score (nSPS) is 18.8. The highest BCUT2D eigenvalue weighted by atomic mass is 32.2. The molecule has 0 aliphatic carbocycles. The molecule has 2 aromatic heterocycles. The molecule has 2 fully saturated rings. The number of nitrogens with zero attached hydrogens (tertiary/aromatic N) is 3. The van der Waals surface area contributed by atoms with Crippen LogP contribution in [0, 0.1) is 17.8 Å². The number of sulfonamides is 1. The fraction of sp³-hybridized carbons (Fsp3) is 0.514. The molecule has 13 heteroatoms. The summed E-state index contributed by atoms with van der Waals surface area (Å²) >= 11 is 0. The lowest BCUT2D eigenvalue weighted by molar-refractivity contribution is 0.0799. The number of rotatable bonds is 11. The molecule has 0 bridgehead atoms. The number of carbonyl (C=O) groups is 2. The van der Waals surface area contributed by atoms with Crippen molar-refractivity contribution >= 4 is 27.8 Å². The number of carbonyl (C=O) groups excluding carboxylic acids is 2. The minimum absolute atomic E-state index is 0.0391. The van der Waals surface area contributed by atoms with Crippen LogP contribution in [0.4, 0.5) is 15.0 Å². The van der Waals surface area contributed by atoms with Crippen LogP contribution in [0.3, 0.4) is 0 Å². The zero-order chi connectivity index (χ0) is 36.1. The molecule has 5 rings (SSSR count). The summed E-state index contributed by atoms with van der Waals surface area (Å²) in [5.41, 5.74) is 0.524. The van der Waals surface area contributed by atoms with Crippen molar-refractivity contribution in [2.45, 2.75) is 95.4 Å². The number of hydrogen-bond donors (Lipinski definition) is 3. The number of likely N-dealkylation sites (tertiary alicyclic amines) is 1. The lowest BCUT2D eigenvalue weighted by Crippen LogP contribution is -2.43. The van der Waals surface area contributed by atoms with E-state index in [9.17, 15) is 22.4 Å². The Balaban J connectivity index is 1.25. The van der Waals surface area contributed by atoms with Crippen LogP contribution in [0.25, 0.3) is 0 Å². The second-order valence-electron chi connectivity index (χ2n) is 15.1. The van der Waals surface area contributed by atoms with Gasteiger partial charge in [-0.3, -0.25) is 4.79 Å². The van der Waals surface area contributed by atoms with Crippen molar-refractivity contribution < 1.29 is 27.1 Å². The maximum absolute atomic E-state index is 14.8. The lowest BCUT2D eigenvalue weighted by Gasteiger charge is -2.36. The third-order valence-electron chi connectivity index (χ3n) is 9.55. The van der Waals surface area contributed by atoms with E-state index in [0.717, 1.165) is 44.2 Å². The summed E-state index contributed by atoms with van der Waals surface area (Å²) in [5, 5.41) is 6.71. The van der Waals surface area contributed by atoms with Crippen LogP contribution in [0.5, 0.6) is 0 Å². The van der Waals surface area contributed by atoms with Gasteiger partial charge in [0.2, 0.25) is 5.95 Å². The molecule has 11 nitrogen and oxygen atoms in total. The highest BCUT2D eigenvalue weighted by molar-refractivity contribution is 7.90. The molecule has 3 aromatic rings. The van der Waals surface area contributed by atoms with E-state index < -0.39 is 32.9 Å². The Hall–Kier alpha value is -4.10. The maximum Gasteiger partial charge on any atom is 0.410 e. The van der Waals surface area contributed by atoms with E-state index in [1.54, 1.807) is 17.0 Å². The Morgan fingerprint density at radius 2 is 1.76 bits per heavy atom. The summed E-state index contributed by atoms with van der Waals surface area (Å²) in [6, 6.07) is 16.8. The van der Waals surface area contributed by atoms with E-state index in [0.29, 0.717) is 30.5 Å². The molecule has 3 N–H and O–H groups in total. The number of piperidine rings is 1. The number of anilines is 1. The van der Waals surface area contributed by atoms with Crippen LogP contribution in [0.15, 0.2) is 65.7 Å².